The molecule has 1 N–H and O–H groups in total. The summed E-state index contributed by atoms with van der Waals surface area (Å²) in [4.78, 5) is 14.1. The standard InChI is InChI=1S/C20H23N3O3/c1-23(2)18(17-6-4-5-7-19(17)25-3)13-22-20(24)14-26-16-10-8-15(12-21)9-11-16/h4-11,18H,13-14H2,1-3H3,(H,22,24)/t18-/m1/s1. The molecule has 0 saturated carbocycles. The number of nitrogens with zero attached hydrogens (tertiary/aromatic N) is 2. The van der Waals surface area contributed by atoms with Gasteiger partial charge in [-0.2, -0.15) is 5.26 Å². The Bertz CT molecular complexity index is 767. The molecule has 6 nitrogen and oxygen atoms in total. The molecule has 0 fully saturated rings. The van der Waals surface area contributed by atoms with Gasteiger partial charge in [-0.05, 0) is 44.4 Å². The number of hydrogen-bond donors (Lipinski definition) is 1. The zero-order chi connectivity index (χ0) is 18.9. The molecule has 0 heterocycles. The van der Waals surface area contributed by atoms with Crippen LogP contribution >= 0.6 is 0 Å². The Morgan fingerprint density at radius 2 is 1.88 bits per heavy atom. The number of likely N-dealkylation sites (N-methyl/N-ethyl adjacent to an activating group) is 1. The van der Waals surface area contributed by atoms with E-state index in [0.717, 1.165) is 11.3 Å². The molecule has 1 atom stereocenters. The van der Waals surface area contributed by atoms with Gasteiger partial charge < -0.3 is 19.7 Å². The fourth-order valence-corrected chi connectivity index (χ4v) is 2.55. The highest BCUT2D eigenvalue weighted by Gasteiger charge is 2.19. The second-order valence-electron chi connectivity index (χ2n) is 5.95. The molecule has 0 bridgehead atoms. The fourth-order valence-electron chi connectivity index (χ4n) is 2.55. The number of nitrogens with one attached hydrogen (secondary N) is 1. The van der Waals surface area contributed by atoms with Crippen LogP contribution < -0.4 is 14.8 Å². The number of carbonyl (C=O) groups excluding carboxylic acids is 1. The van der Waals surface area contributed by atoms with Crippen LogP contribution in [0.25, 0.3) is 0 Å². The van der Waals surface area contributed by atoms with Crippen molar-refractivity contribution in [3.8, 4) is 17.6 Å². The Hall–Kier alpha value is -3.04. The van der Waals surface area contributed by atoms with Crippen LogP contribution in [0.1, 0.15) is 17.2 Å². The average molecular weight is 353 g/mol. The lowest BCUT2D eigenvalue weighted by atomic mass is 10.0. The number of benzene rings is 2. The maximum Gasteiger partial charge on any atom is 0.258 e. The molecular weight excluding hydrogens is 330 g/mol. The van der Waals surface area contributed by atoms with Crippen LogP contribution in [0.3, 0.4) is 0 Å². The first-order valence-electron chi connectivity index (χ1n) is 8.24. The average Bonchev–Trinajstić information content (AvgIpc) is 2.67. The van der Waals surface area contributed by atoms with Crippen molar-refractivity contribution in [3.05, 3.63) is 59.7 Å². The van der Waals surface area contributed by atoms with Crippen LogP contribution in [0, 0.1) is 11.3 Å². The van der Waals surface area contributed by atoms with Gasteiger partial charge in [0, 0.05) is 12.1 Å². The van der Waals surface area contributed by atoms with Crippen LogP contribution in [-0.2, 0) is 4.79 Å². The van der Waals surface area contributed by atoms with Crippen LogP contribution in [0.2, 0.25) is 0 Å². The van der Waals surface area contributed by atoms with Crippen molar-refractivity contribution in [1.82, 2.24) is 10.2 Å². The molecule has 6 heteroatoms. The van der Waals surface area contributed by atoms with Gasteiger partial charge in [0.2, 0.25) is 0 Å². The van der Waals surface area contributed by atoms with Crippen LogP contribution in [-0.4, -0.2) is 45.2 Å². The van der Waals surface area contributed by atoms with Crippen LogP contribution in [0.5, 0.6) is 11.5 Å². The summed E-state index contributed by atoms with van der Waals surface area (Å²) in [7, 11) is 5.54. The molecule has 2 aromatic carbocycles. The Morgan fingerprint density at radius 1 is 1.19 bits per heavy atom. The largest absolute Gasteiger partial charge is 0.496 e. The van der Waals surface area contributed by atoms with E-state index in [2.05, 4.69) is 5.32 Å². The van der Waals surface area contributed by atoms with E-state index in [1.807, 2.05) is 49.3 Å². The van der Waals surface area contributed by atoms with Gasteiger partial charge in [-0.15, -0.1) is 0 Å². The highest BCUT2D eigenvalue weighted by atomic mass is 16.5. The summed E-state index contributed by atoms with van der Waals surface area (Å²) in [6, 6.07) is 16.4. The molecule has 2 rings (SSSR count). The molecule has 0 aliphatic rings. The second kappa shape index (κ2) is 9.44. The quantitative estimate of drug-likeness (QED) is 0.789. The van der Waals surface area contributed by atoms with Gasteiger partial charge in [0.05, 0.1) is 24.8 Å². The molecule has 0 spiro atoms. The monoisotopic (exact) mass is 353 g/mol. The predicted molar refractivity (Wildman–Crippen MR) is 99.1 cm³/mol. The van der Waals surface area contributed by atoms with Crippen molar-refractivity contribution in [1.29, 1.82) is 5.26 Å². The summed E-state index contributed by atoms with van der Waals surface area (Å²) >= 11 is 0. The summed E-state index contributed by atoms with van der Waals surface area (Å²) in [6.45, 7) is 0.348. The van der Waals surface area contributed by atoms with E-state index in [1.54, 1.807) is 31.4 Å². The lowest BCUT2D eigenvalue weighted by Crippen LogP contribution is -2.37. The first-order chi connectivity index (χ1) is 12.5. The number of hydrogen-bond acceptors (Lipinski definition) is 5. The first-order valence-corrected chi connectivity index (χ1v) is 8.24. The Labute approximate surface area is 153 Å². The number of carbonyl (C=O) groups is 1. The Balaban J connectivity index is 1.92. The van der Waals surface area contributed by atoms with Gasteiger partial charge in [-0.3, -0.25) is 4.79 Å². The fraction of sp³-hybridized carbons (Fsp3) is 0.300. The topological polar surface area (TPSA) is 74.6 Å². The Morgan fingerprint density at radius 3 is 2.50 bits per heavy atom. The number of amides is 1. The van der Waals surface area contributed by atoms with Crippen LogP contribution in [0.4, 0.5) is 0 Å². The van der Waals surface area contributed by atoms with E-state index in [-0.39, 0.29) is 18.6 Å². The van der Waals surface area contributed by atoms with Gasteiger partial charge in [0.1, 0.15) is 11.5 Å². The van der Waals surface area contributed by atoms with Crippen LogP contribution in [0.15, 0.2) is 48.5 Å². The summed E-state index contributed by atoms with van der Waals surface area (Å²) in [6.07, 6.45) is 0. The van der Waals surface area contributed by atoms with Crippen molar-refractivity contribution in [2.45, 2.75) is 6.04 Å². The van der Waals surface area contributed by atoms with E-state index in [9.17, 15) is 4.79 Å². The molecule has 26 heavy (non-hydrogen) atoms. The summed E-state index contributed by atoms with van der Waals surface area (Å²) in [5, 5.41) is 11.7. The van der Waals surface area contributed by atoms with Gasteiger partial charge in [-0.1, -0.05) is 18.2 Å². The third-order valence-electron chi connectivity index (χ3n) is 3.97. The van der Waals surface area contributed by atoms with Crippen molar-refractivity contribution in [2.24, 2.45) is 0 Å². The zero-order valence-corrected chi connectivity index (χ0v) is 15.2. The van der Waals surface area contributed by atoms with E-state index in [0.29, 0.717) is 17.9 Å². The van der Waals surface area contributed by atoms with Gasteiger partial charge in [0.15, 0.2) is 6.61 Å². The Kier molecular flexibility index (Phi) is 7.01. The molecule has 0 unspecified atom stereocenters. The highest BCUT2D eigenvalue weighted by Crippen LogP contribution is 2.27. The molecule has 136 valence electrons. The molecule has 0 aliphatic heterocycles. The lowest BCUT2D eigenvalue weighted by Gasteiger charge is -2.26. The number of ether oxygens (including phenoxy) is 2. The highest BCUT2D eigenvalue weighted by molar-refractivity contribution is 5.77. The minimum atomic E-state index is -0.212. The molecule has 1 amide bonds. The molecule has 2 aromatic rings. The molecular formula is C20H23N3O3. The third-order valence-corrected chi connectivity index (χ3v) is 3.97. The zero-order valence-electron chi connectivity index (χ0n) is 15.2. The van der Waals surface area contributed by atoms with Crippen molar-refractivity contribution >= 4 is 5.91 Å². The molecule has 0 saturated heterocycles. The van der Waals surface area contributed by atoms with Gasteiger partial charge >= 0.3 is 0 Å². The predicted octanol–water partition coefficient (Wildman–Crippen LogP) is 2.36. The summed E-state index contributed by atoms with van der Waals surface area (Å²) < 4.78 is 10.9. The van der Waals surface area contributed by atoms with E-state index in [1.165, 1.54) is 0 Å². The molecule has 0 radical (unpaired) electrons. The summed E-state index contributed by atoms with van der Waals surface area (Å²) in [5.41, 5.74) is 1.56. The maximum absolute atomic E-state index is 12.1. The maximum atomic E-state index is 12.1. The minimum absolute atomic E-state index is 0.0231. The second-order valence-corrected chi connectivity index (χ2v) is 5.95. The van der Waals surface area contributed by atoms with Gasteiger partial charge in [0.25, 0.3) is 5.91 Å². The smallest absolute Gasteiger partial charge is 0.258 e. The van der Waals surface area contributed by atoms with Crippen molar-refractivity contribution < 1.29 is 14.3 Å². The number of methoxy groups -OCH3 is 1. The van der Waals surface area contributed by atoms with E-state index >= 15 is 0 Å². The minimum Gasteiger partial charge on any atom is -0.496 e. The number of para-hydroxylation sites is 1. The molecule has 0 aromatic heterocycles. The van der Waals surface area contributed by atoms with Crippen molar-refractivity contribution in [3.63, 3.8) is 0 Å². The first kappa shape index (κ1) is 19.3. The van der Waals surface area contributed by atoms with Crippen molar-refractivity contribution in [2.75, 3.05) is 34.4 Å². The molecule has 0 aliphatic carbocycles. The number of nitriles is 1. The SMILES string of the molecule is COc1ccccc1[C@@H](CNC(=O)COc1ccc(C#N)cc1)N(C)C. The van der Waals surface area contributed by atoms with Gasteiger partial charge in [-0.25, -0.2) is 0 Å². The number of rotatable bonds is 8. The lowest BCUT2D eigenvalue weighted by molar-refractivity contribution is -0.123. The van der Waals surface area contributed by atoms with E-state index in [4.69, 9.17) is 14.7 Å². The van der Waals surface area contributed by atoms with E-state index < -0.39 is 0 Å². The third kappa shape index (κ3) is 5.23. The normalized spacial score (nSPS) is 11.5. The summed E-state index contributed by atoms with van der Waals surface area (Å²) in [5.74, 6) is 1.12.